The Bertz CT molecular complexity index is 870. The Morgan fingerprint density at radius 1 is 1.04 bits per heavy atom. The highest BCUT2D eigenvalue weighted by molar-refractivity contribution is 7.12. The first-order valence-corrected chi connectivity index (χ1v) is 8.67. The van der Waals surface area contributed by atoms with E-state index in [0.717, 1.165) is 5.56 Å². The van der Waals surface area contributed by atoms with Gasteiger partial charge in [-0.3, -0.25) is 9.59 Å². The lowest BCUT2D eigenvalue weighted by Crippen LogP contribution is -2.12. The van der Waals surface area contributed by atoms with Crippen molar-refractivity contribution in [1.29, 1.82) is 0 Å². The molecule has 3 rings (SSSR count). The average Bonchev–Trinajstić information content (AvgIpc) is 3.15. The zero-order valence-electron chi connectivity index (χ0n) is 13.7. The van der Waals surface area contributed by atoms with Crippen molar-refractivity contribution in [3.63, 3.8) is 0 Å². The minimum Gasteiger partial charge on any atom is -0.485 e. The topological polar surface area (TPSA) is 55.4 Å². The molecule has 0 spiro atoms. The van der Waals surface area contributed by atoms with Crippen LogP contribution >= 0.6 is 11.3 Å². The average molecular weight is 351 g/mol. The summed E-state index contributed by atoms with van der Waals surface area (Å²) >= 11 is 1.38. The summed E-state index contributed by atoms with van der Waals surface area (Å²) in [6, 6.07) is 18.0. The van der Waals surface area contributed by atoms with Gasteiger partial charge in [0.2, 0.25) is 0 Å². The zero-order chi connectivity index (χ0) is 17.6. The van der Waals surface area contributed by atoms with Crippen molar-refractivity contribution >= 4 is 28.7 Å². The van der Waals surface area contributed by atoms with Crippen LogP contribution in [0, 0.1) is 6.92 Å². The van der Waals surface area contributed by atoms with Crippen LogP contribution in [-0.2, 0) is 0 Å². The number of thiophene rings is 1. The number of carbonyl (C=O) groups excluding carboxylic acids is 2. The fraction of sp³-hybridized carbons (Fsp3) is 0.100. The molecule has 0 radical (unpaired) electrons. The van der Waals surface area contributed by atoms with Crippen molar-refractivity contribution in [1.82, 2.24) is 0 Å². The first-order chi connectivity index (χ1) is 12.1. The lowest BCUT2D eigenvalue weighted by atomic mass is 10.1. The Morgan fingerprint density at radius 3 is 2.56 bits per heavy atom. The van der Waals surface area contributed by atoms with Gasteiger partial charge in [0.1, 0.15) is 5.75 Å². The molecule has 2 aromatic carbocycles. The molecule has 1 amide bonds. The number of hydrogen-bond donors (Lipinski definition) is 1. The largest absolute Gasteiger partial charge is 0.485 e. The summed E-state index contributed by atoms with van der Waals surface area (Å²) in [6.07, 6.45) is 0. The molecule has 5 heteroatoms. The molecule has 1 aromatic heterocycles. The van der Waals surface area contributed by atoms with Crippen LogP contribution < -0.4 is 10.1 Å². The molecule has 0 saturated carbocycles. The molecule has 1 heterocycles. The summed E-state index contributed by atoms with van der Waals surface area (Å²) in [5, 5.41) is 4.67. The van der Waals surface area contributed by atoms with Crippen molar-refractivity contribution in [2.75, 3.05) is 11.9 Å². The van der Waals surface area contributed by atoms with Crippen LogP contribution in [-0.4, -0.2) is 18.3 Å². The van der Waals surface area contributed by atoms with Crippen molar-refractivity contribution in [3.05, 3.63) is 82.0 Å². The lowest BCUT2D eigenvalue weighted by Gasteiger charge is -2.08. The van der Waals surface area contributed by atoms with Crippen molar-refractivity contribution in [2.24, 2.45) is 0 Å². The molecule has 0 aliphatic rings. The number of ketones is 1. The molecule has 0 aliphatic heterocycles. The van der Waals surface area contributed by atoms with Gasteiger partial charge >= 0.3 is 0 Å². The van der Waals surface area contributed by atoms with E-state index < -0.39 is 0 Å². The maximum atomic E-state index is 12.2. The van der Waals surface area contributed by atoms with Gasteiger partial charge in [-0.15, -0.1) is 11.3 Å². The summed E-state index contributed by atoms with van der Waals surface area (Å²) in [5.74, 6) is 0.278. The predicted octanol–water partition coefficient (Wildman–Crippen LogP) is 4.57. The second kappa shape index (κ2) is 7.77. The highest BCUT2D eigenvalue weighted by Gasteiger charge is 2.09. The highest BCUT2D eigenvalue weighted by atomic mass is 32.1. The highest BCUT2D eigenvalue weighted by Crippen LogP contribution is 2.19. The number of ether oxygens (including phenoxy) is 1. The number of aryl methyl sites for hydroxylation is 1. The van der Waals surface area contributed by atoms with E-state index in [0.29, 0.717) is 21.9 Å². The Labute approximate surface area is 150 Å². The third-order valence-corrected chi connectivity index (χ3v) is 4.45. The van der Waals surface area contributed by atoms with E-state index in [1.54, 1.807) is 42.5 Å². The summed E-state index contributed by atoms with van der Waals surface area (Å²) in [7, 11) is 0. The van der Waals surface area contributed by atoms with Gasteiger partial charge in [0.25, 0.3) is 5.91 Å². The molecular formula is C20H17NO3S. The van der Waals surface area contributed by atoms with Gasteiger partial charge < -0.3 is 10.1 Å². The molecule has 0 unspecified atom stereocenters. The van der Waals surface area contributed by atoms with Gasteiger partial charge in [-0.2, -0.15) is 0 Å². The monoisotopic (exact) mass is 351 g/mol. The lowest BCUT2D eigenvalue weighted by molar-refractivity contribution is 0.0921. The minimum absolute atomic E-state index is 0.0502. The number of nitrogens with one attached hydrogen (secondary N) is 1. The molecule has 126 valence electrons. The van der Waals surface area contributed by atoms with E-state index >= 15 is 0 Å². The maximum Gasteiger partial charge on any atom is 0.265 e. The molecule has 4 nitrogen and oxygen atoms in total. The van der Waals surface area contributed by atoms with Gasteiger partial charge in [0.15, 0.2) is 12.4 Å². The number of amides is 1. The van der Waals surface area contributed by atoms with E-state index in [1.807, 2.05) is 30.5 Å². The quantitative estimate of drug-likeness (QED) is 0.662. The number of rotatable bonds is 6. The normalized spacial score (nSPS) is 10.3. The molecule has 1 N–H and O–H groups in total. The first-order valence-electron chi connectivity index (χ1n) is 7.79. The molecular weight excluding hydrogens is 334 g/mol. The third-order valence-electron chi connectivity index (χ3n) is 3.58. The van der Waals surface area contributed by atoms with E-state index in [-0.39, 0.29) is 18.3 Å². The third kappa shape index (κ3) is 4.55. The summed E-state index contributed by atoms with van der Waals surface area (Å²) in [6.45, 7) is 1.92. The molecule has 25 heavy (non-hydrogen) atoms. The second-order valence-electron chi connectivity index (χ2n) is 5.54. The predicted molar refractivity (Wildman–Crippen MR) is 99.7 cm³/mol. The number of hydrogen-bond acceptors (Lipinski definition) is 4. The van der Waals surface area contributed by atoms with Crippen LogP contribution in [0.3, 0.4) is 0 Å². The van der Waals surface area contributed by atoms with Gasteiger partial charge in [-0.25, -0.2) is 0 Å². The van der Waals surface area contributed by atoms with Crippen molar-refractivity contribution in [3.8, 4) is 5.75 Å². The standard InChI is InChI=1S/C20H17NO3S/c1-14-7-9-15(10-8-14)18(22)13-24-17-5-2-4-16(12-17)21-20(23)19-6-3-11-25-19/h2-12H,13H2,1H3,(H,21,23). The van der Waals surface area contributed by atoms with Gasteiger partial charge in [0, 0.05) is 17.3 Å². The van der Waals surface area contributed by atoms with Gasteiger partial charge in [-0.1, -0.05) is 42.0 Å². The minimum atomic E-state index is -0.164. The zero-order valence-corrected chi connectivity index (χ0v) is 14.5. The molecule has 0 saturated heterocycles. The van der Waals surface area contributed by atoms with Gasteiger partial charge in [-0.05, 0) is 30.5 Å². The Hall–Kier alpha value is -2.92. The Kier molecular flexibility index (Phi) is 5.26. The Balaban J connectivity index is 1.60. The fourth-order valence-corrected chi connectivity index (χ4v) is 2.85. The van der Waals surface area contributed by atoms with E-state index in [9.17, 15) is 9.59 Å². The SMILES string of the molecule is Cc1ccc(C(=O)COc2cccc(NC(=O)c3cccs3)c2)cc1. The molecule has 3 aromatic rings. The van der Waals surface area contributed by atoms with Crippen LogP contribution in [0.25, 0.3) is 0 Å². The van der Waals surface area contributed by atoms with Crippen molar-refractivity contribution in [2.45, 2.75) is 6.92 Å². The number of Topliss-reactive ketones (excluding diaryl/α,β-unsaturated/α-hetero) is 1. The van der Waals surface area contributed by atoms with Crippen LogP contribution in [0.15, 0.2) is 66.0 Å². The first kappa shape index (κ1) is 16.9. The molecule has 0 atom stereocenters. The summed E-state index contributed by atoms with van der Waals surface area (Å²) in [5.41, 5.74) is 2.35. The van der Waals surface area contributed by atoms with Crippen LogP contribution in [0.5, 0.6) is 5.75 Å². The Morgan fingerprint density at radius 2 is 1.84 bits per heavy atom. The maximum absolute atomic E-state index is 12.2. The fourth-order valence-electron chi connectivity index (χ4n) is 2.24. The number of carbonyl (C=O) groups is 2. The summed E-state index contributed by atoms with van der Waals surface area (Å²) < 4.78 is 5.57. The second-order valence-corrected chi connectivity index (χ2v) is 6.48. The van der Waals surface area contributed by atoms with Gasteiger partial charge in [0.05, 0.1) is 4.88 Å². The van der Waals surface area contributed by atoms with E-state index in [4.69, 9.17) is 4.74 Å². The number of anilines is 1. The van der Waals surface area contributed by atoms with Crippen LogP contribution in [0.1, 0.15) is 25.6 Å². The molecule has 0 bridgehead atoms. The van der Waals surface area contributed by atoms with Crippen LogP contribution in [0.2, 0.25) is 0 Å². The van der Waals surface area contributed by atoms with E-state index in [2.05, 4.69) is 5.32 Å². The summed E-state index contributed by atoms with van der Waals surface area (Å²) in [4.78, 5) is 24.9. The van der Waals surface area contributed by atoms with Crippen LogP contribution in [0.4, 0.5) is 5.69 Å². The molecule has 0 aliphatic carbocycles. The number of benzene rings is 2. The smallest absolute Gasteiger partial charge is 0.265 e. The van der Waals surface area contributed by atoms with E-state index in [1.165, 1.54) is 11.3 Å². The van der Waals surface area contributed by atoms with Crippen molar-refractivity contribution < 1.29 is 14.3 Å². The molecule has 0 fully saturated rings.